The molecule has 0 radical (unpaired) electrons. The highest BCUT2D eigenvalue weighted by molar-refractivity contribution is 5.88. The van der Waals surface area contributed by atoms with Crippen LogP contribution in [0.2, 0.25) is 0 Å². The van der Waals surface area contributed by atoms with Gasteiger partial charge in [-0.15, -0.1) is 0 Å². The van der Waals surface area contributed by atoms with Gasteiger partial charge >= 0.3 is 0 Å². The summed E-state index contributed by atoms with van der Waals surface area (Å²) < 4.78 is 12.5. The van der Waals surface area contributed by atoms with E-state index in [1.807, 2.05) is 0 Å². The van der Waals surface area contributed by atoms with Gasteiger partial charge in [-0.1, -0.05) is 49.2 Å². The van der Waals surface area contributed by atoms with E-state index in [0.717, 1.165) is 25.2 Å². The Hall–Kier alpha value is -1.54. The predicted molar refractivity (Wildman–Crippen MR) is 84.7 cm³/mol. The fourth-order valence-corrected chi connectivity index (χ4v) is 3.93. The Bertz CT molecular complexity index is 623. The van der Waals surface area contributed by atoms with E-state index in [2.05, 4.69) is 42.5 Å². The van der Waals surface area contributed by atoms with E-state index < -0.39 is 0 Å². The summed E-state index contributed by atoms with van der Waals surface area (Å²) in [6.07, 6.45) is 7.39. The highest BCUT2D eigenvalue weighted by Gasteiger charge is 2.40. The van der Waals surface area contributed by atoms with Crippen LogP contribution in [0.3, 0.4) is 0 Å². The van der Waals surface area contributed by atoms with E-state index in [4.69, 9.17) is 9.47 Å². The van der Waals surface area contributed by atoms with Crippen LogP contribution < -0.4 is 4.74 Å². The van der Waals surface area contributed by atoms with Gasteiger partial charge in [-0.2, -0.15) is 0 Å². The van der Waals surface area contributed by atoms with Gasteiger partial charge in [0.15, 0.2) is 0 Å². The van der Waals surface area contributed by atoms with E-state index in [1.54, 1.807) is 0 Å². The molecular formula is C19H22O2. The van der Waals surface area contributed by atoms with Crippen LogP contribution in [-0.2, 0) is 4.74 Å². The molecule has 2 fully saturated rings. The van der Waals surface area contributed by atoms with E-state index in [0.29, 0.717) is 6.10 Å². The van der Waals surface area contributed by atoms with E-state index in [9.17, 15) is 0 Å². The quantitative estimate of drug-likeness (QED) is 0.794. The fourth-order valence-electron chi connectivity index (χ4n) is 3.93. The van der Waals surface area contributed by atoms with Crippen LogP contribution in [0.15, 0.2) is 42.5 Å². The Morgan fingerprint density at radius 2 is 1.81 bits per heavy atom. The van der Waals surface area contributed by atoms with Crippen molar-refractivity contribution in [3.8, 4) is 5.75 Å². The number of ether oxygens (including phenoxy) is 2. The second-order valence-corrected chi connectivity index (χ2v) is 6.45. The van der Waals surface area contributed by atoms with Crippen LogP contribution in [0.25, 0.3) is 10.8 Å². The third-order valence-electron chi connectivity index (χ3n) is 5.01. The molecule has 2 aromatic carbocycles. The van der Waals surface area contributed by atoms with Crippen LogP contribution in [0.4, 0.5) is 0 Å². The zero-order valence-electron chi connectivity index (χ0n) is 12.4. The van der Waals surface area contributed by atoms with Gasteiger partial charge in [0.05, 0.1) is 12.2 Å². The molecule has 1 aliphatic carbocycles. The molecule has 4 rings (SSSR count). The number of rotatable bonds is 2. The molecule has 2 aliphatic rings. The molecule has 1 heterocycles. The first-order chi connectivity index (χ1) is 10.3. The highest BCUT2D eigenvalue weighted by Crippen LogP contribution is 2.41. The molecule has 0 bridgehead atoms. The lowest BCUT2D eigenvalue weighted by Crippen LogP contribution is -2.41. The zero-order valence-corrected chi connectivity index (χ0v) is 12.4. The molecule has 1 atom stereocenters. The van der Waals surface area contributed by atoms with Crippen molar-refractivity contribution >= 4 is 10.8 Å². The molecule has 21 heavy (non-hydrogen) atoms. The highest BCUT2D eigenvalue weighted by atomic mass is 16.5. The molecule has 2 aromatic rings. The molecular weight excluding hydrogens is 260 g/mol. The molecule has 1 saturated heterocycles. The van der Waals surface area contributed by atoms with Crippen molar-refractivity contribution in [1.82, 2.24) is 0 Å². The van der Waals surface area contributed by atoms with Crippen LogP contribution >= 0.6 is 0 Å². The van der Waals surface area contributed by atoms with Gasteiger partial charge in [0.2, 0.25) is 0 Å². The first-order valence-corrected chi connectivity index (χ1v) is 8.13. The number of hydrogen-bond donors (Lipinski definition) is 0. The second-order valence-electron chi connectivity index (χ2n) is 6.45. The molecule has 0 amide bonds. The summed E-state index contributed by atoms with van der Waals surface area (Å²) in [5, 5.41) is 2.46. The normalized spacial score (nSPS) is 24.5. The average molecular weight is 282 g/mol. The third-order valence-corrected chi connectivity index (χ3v) is 5.01. The zero-order chi connectivity index (χ0) is 14.1. The summed E-state index contributed by atoms with van der Waals surface area (Å²) in [6.45, 7) is 0.843. The van der Waals surface area contributed by atoms with Crippen molar-refractivity contribution in [2.45, 2.75) is 50.2 Å². The molecule has 2 heteroatoms. The minimum atomic E-state index is 0.119. The van der Waals surface area contributed by atoms with Gasteiger partial charge in [0, 0.05) is 18.2 Å². The number of fused-ring (bicyclic) bond motifs is 1. The summed E-state index contributed by atoms with van der Waals surface area (Å²) >= 11 is 0. The Balaban J connectivity index is 1.57. The van der Waals surface area contributed by atoms with Crippen LogP contribution in [0.1, 0.15) is 38.5 Å². The molecule has 0 aromatic heterocycles. The Labute approximate surface area is 126 Å². The maximum Gasteiger partial charge on any atom is 0.127 e. The van der Waals surface area contributed by atoms with Gasteiger partial charge in [-0.3, -0.25) is 0 Å². The first kappa shape index (κ1) is 13.1. The SMILES string of the molecule is c1ccc2c(OC3CCOC4(CCCC4)C3)cccc2c1. The fraction of sp³-hybridized carbons (Fsp3) is 0.474. The largest absolute Gasteiger partial charge is 0.490 e. The summed E-state index contributed by atoms with van der Waals surface area (Å²) in [6, 6.07) is 14.8. The standard InChI is InChI=1S/C19H22O2/c1-2-8-17-15(6-1)7-5-9-18(17)21-16-10-13-20-19(14-16)11-3-4-12-19/h1-2,5-9,16H,3-4,10-14H2. The molecule has 2 nitrogen and oxygen atoms in total. The summed E-state index contributed by atoms with van der Waals surface area (Å²) in [4.78, 5) is 0. The van der Waals surface area contributed by atoms with Gasteiger partial charge in [-0.05, 0) is 24.3 Å². The molecule has 1 unspecified atom stereocenters. The maximum atomic E-state index is 6.38. The van der Waals surface area contributed by atoms with Gasteiger partial charge in [0.25, 0.3) is 0 Å². The van der Waals surface area contributed by atoms with Crippen molar-refractivity contribution in [2.75, 3.05) is 6.61 Å². The van der Waals surface area contributed by atoms with Crippen molar-refractivity contribution in [3.63, 3.8) is 0 Å². The topological polar surface area (TPSA) is 18.5 Å². The Morgan fingerprint density at radius 1 is 1.00 bits per heavy atom. The van der Waals surface area contributed by atoms with Crippen molar-refractivity contribution < 1.29 is 9.47 Å². The van der Waals surface area contributed by atoms with Crippen LogP contribution in [0, 0.1) is 0 Å². The molecule has 0 N–H and O–H groups in total. The lowest BCUT2D eigenvalue weighted by Gasteiger charge is -2.38. The monoisotopic (exact) mass is 282 g/mol. The van der Waals surface area contributed by atoms with E-state index >= 15 is 0 Å². The molecule has 110 valence electrons. The lowest BCUT2D eigenvalue weighted by atomic mass is 9.90. The molecule has 1 saturated carbocycles. The minimum Gasteiger partial charge on any atom is -0.490 e. The van der Waals surface area contributed by atoms with Crippen molar-refractivity contribution in [2.24, 2.45) is 0 Å². The smallest absolute Gasteiger partial charge is 0.127 e. The first-order valence-electron chi connectivity index (χ1n) is 8.13. The average Bonchev–Trinajstić information content (AvgIpc) is 2.95. The van der Waals surface area contributed by atoms with Crippen LogP contribution in [0.5, 0.6) is 5.75 Å². The Morgan fingerprint density at radius 3 is 2.71 bits per heavy atom. The maximum absolute atomic E-state index is 6.38. The van der Waals surface area contributed by atoms with Gasteiger partial charge in [0.1, 0.15) is 11.9 Å². The minimum absolute atomic E-state index is 0.119. The molecule has 1 aliphatic heterocycles. The summed E-state index contributed by atoms with van der Waals surface area (Å²) in [5.41, 5.74) is 0.119. The van der Waals surface area contributed by atoms with E-state index in [-0.39, 0.29) is 5.60 Å². The van der Waals surface area contributed by atoms with Crippen molar-refractivity contribution in [1.29, 1.82) is 0 Å². The second kappa shape index (κ2) is 5.34. The summed E-state index contributed by atoms with van der Waals surface area (Å²) in [7, 11) is 0. The predicted octanol–water partition coefficient (Wildman–Crippen LogP) is 4.71. The van der Waals surface area contributed by atoms with Crippen LogP contribution in [-0.4, -0.2) is 18.3 Å². The van der Waals surface area contributed by atoms with Crippen molar-refractivity contribution in [3.05, 3.63) is 42.5 Å². The lowest BCUT2D eigenvalue weighted by molar-refractivity contribution is -0.107. The summed E-state index contributed by atoms with van der Waals surface area (Å²) in [5.74, 6) is 1.02. The molecule has 1 spiro atoms. The number of benzene rings is 2. The Kier molecular flexibility index (Phi) is 3.34. The van der Waals surface area contributed by atoms with E-state index in [1.165, 1.54) is 36.5 Å². The number of hydrogen-bond acceptors (Lipinski definition) is 2. The van der Waals surface area contributed by atoms with Gasteiger partial charge in [-0.25, -0.2) is 0 Å². The van der Waals surface area contributed by atoms with Gasteiger partial charge < -0.3 is 9.47 Å². The third kappa shape index (κ3) is 2.53.